The first-order chi connectivity index (χ1) is 18.0. The SMILES string of the molecule is CCCCc1c(C)c2ccc(OCc3ccccc3/C(=C\OC)C(=O)OCCCCCBr)cc2oc1=O. The molecule has 37 heavy (non-hydrogen) atoms. The zero-order valence-corrected chi connectivity index (χ0v) is 23.4. The maximum absolute atomic E-state index is 12.8. The monoisotopic (exact) mass is 570 g/mol. The number of carbonyl (C=O) groups is 1. The Bertz CT molecular complexity index is 1280. The van der Waals surface area contributed by atoms with Gasteiger partial charge in [-0.05, 0) is 67.9 Å². The lowest BCUT2D eigenvalue weighted by Gasteiger charge is -2.14. The molecule has 0 aliphatic carbocycles. The molecule has 0 unspecified atom stereocenters. The van der Waals surface area contributed by atoms with Crippen LogP contribution in [-0.4, -0.2) is 25.0 Å². The van der Waals surface area contributed by atoms with Crippen LogP contribution in [0.5, 0.6) is 5.75 Å². The second kappa shape index (κ2) is 14.6. The number of unbranched alkanes of at least 4 members (excludes halogenated alkanes) is 3. The molecule has 0 saturated carbocycles. The maximum atomic E-state index is 12.8. The molecule has 0 aliphatic heterocycles. The van der Waals surface area contributed by atoms with Crippen LogP contribution in [0.4, 0.5) is 0 Å². The Morgan fingerprint density at radius 2 is 1.89 bits per heavy atom. The minimum atomic E-state index is -0.435. The maximum Gasteiger partial charge on any atom is 0.341 e. The molecule has 0 aliphatic rings. The van der Waals surface area contributed by atoms with Crippen LogP contribution in [0.3, 0.4) is 0 Å². The number of hydrogen-bond donors (Lipinski definition) is 0. The predicted molar refractivity (Wildman–Crippen MR) is 150 cm³/mol. The number of aryl methyl sites for hydroxylation is 1. The van der Waals surface area contributed by atoms with Crippen molar-refractivity contribution in [3.8, 4) is 5.75 Å². The van der Waals surface area contributed by atoms with E-state index in [2.05, 4.69) is 22.9 Å². The van der Waals surface area contributed by atoms with Gasteiger partial charge in [-0.15, -0.1) is 0 Å². The van der Waals surface area contributed by atoms with Crippen LogP contribution in [0.2, 0.25) is 0 Å². The first kappa shape index (κ1) is 28.5. The molecular formula is C30H35BrO6. The van der Waals surface area contributed by atoms with E-state index < -0.39 is 5.97 Å². The number of benzene rings is 2. The quantitative estimate of drug-likeness (QED) is 0.0512. The first-order valence-corrected chi connectivity index (χ1v) is 13.9. The molecule has 0 radical (unpaired) electrons. The van der Waals surface area contributed by atoms with Gasteiger partial charge in [-0.2, -0.15) is 0 Å². The molecule has 0 bridgehead atoms. The molecule has 3 aromatic rings. The standard InChI is InChI=1S/C30H35BrO6/c1-4-5-12-25-21(2)24-15-14-23(18-28(24)37-30(25)33)36-19-22-11-7-8-13-26(22)27(20-34-3)29(32)35-17-10-6-9-16-31/h7-8,11,13-15,18,20H,4-6,9-10,12,16-17,19H2,1-3H3/b27-20+. The molecule has 2 aromatic carbocycles. The molecule has 1 aromatic heterocycles. The van der Waals surface area contributed by atoms with Gasteiger partial charge >= 0.3 is 11.6 Å². The number of rotatable bonds is 14. The molecule has 6 nitrogen and oxygen atoms in total. The van der Waals surface area contributed by atoms with Gasteiger partial charge < -0.3 is 18.6 Å². The zero-order valence-electron chi connectivity index (χ0n) is 21.8. The van der Waals surface area contributed by atoms with E-state index in [1.807, 2.05) is 43.3 Å². The Balaban J connectivity index is 1.77. The van der Waals surface area contributed by atoms with Crippen LogP contribution in [0.1, 0.15) is 61.3 Å². The summed E-state index contributed by atoms with van der Waals surface area (Å²) in [7, 11) is 1.50. The topological polar surface area (TPSA) is 75.0 Å². The van der Waals surface area contributed by atoms with Gasteiger partial charge in [0.1, 0.15) is 23.5 Å². The van der Waals surface area contributed by atoms with Crippen molar-refractivity contribution in [2.45, 2.75) is 59.0 Å². The molecule has 0 N–H and O–H groups in total. The highest BCUT2D eigenvalue weighted by Gasteiger charge is 2.18. The fourth-order valence-corrected chi connectivity index (χ4v) is 4.53. The summed E-state index contributed by atoms with van der Waals surface area (Å²) >= 11 is 3.41. The van der Waals surface area contributed by atoms with E-state index in [0.29, 0.717) is 35.5 Å². The normalized spacial score (nSPS) is 11.5. The van der Waals surface area contributed by atoms with E-state index in [0.717, 1.165) is 59.5 Å². The molecule has 1 heterocycles. The van der Waals surface area contributed by atoms with Gasteiger partial charge in [0.05, 0.1) is 20.0 Å². The zero-order chi connectivity index (χ0) is 26.6. The summed E-state index contributed by atoms with van der Waals surface area (Å²) in [4.78, 5) is 25.4. The van der Waals surface area contributed by atoms with Gasteiger partial charge in [0.25, 0.3) is 0 Å². The molecule has 0 spiro atoms. The number of carbonyl (C=O) groups excluding carboxylic acids is 1. The van der Waals surface area contributed by atoms with E-state index in [1.54, 1.807) is 6.07 Å². The van der Waals surface area contributed by atoms with Crippen molar-refractivity contribution >= 4 is 38.4 Å². The minimum absolute atomic E-state index is 0.207. The third-order valence-corrected chi connectivity index (χ3v) is 6.77. The smallest absolute Gasteiger partial charge is 0.341 e. The average molecular weight is 572 g/mol. The van der Waals surface area contributed by atoms with Crippen molar-refractivity contribution in [2.75, 3.05) is 19.0 Å². The summed E-state index contributed by atoms with van der Waals surface area (Å²) in [5.41, 5.74) is 3.72. The van der Waals surface area contributed by atoms with Crippen molar-refractivity contribution in [1.29, 1.82) is 0 Å². The summed E-state index contributed by atoms with van der Waals surface area (Å²) in [6.45, 7) is 4.63. The van der Waals surface area contributed by atoms with Crippen molar-refractivity contribution in [3.63, 3.8) is 0 Å². The van der Waals surface area contributed by atoms with Crippen LogP contribution >= 0.6 is 15.9 Å². The lowest BCUT2D eigenvalue weighted by atomic mass is 10.0. The Kier molecular flexibility index (Phi) is 11.3. The number of halogens is 1. The number of alkyl halides is 1. The Labute approximate surface area is 226 Å². The first-order valence-electron chi connectivity index (χ1n) is 12.7. The predicted octanol–water partition coefficient (Wildman–Crippen LogP) is 7.12. The Morgan fingerprint density at radius 3 is 2.65 bits per heavy atom. The van der Waals surface area contributed by atoms with Crippen molar-refractivity contribution in [1.82, 2.24) is 0 Å². The lowest BCUT2D eigenvalue weighted by molar-refractivity contribution is -0.136. The molecular weight excluding hydrogens is 536 g/mol. The molecule has 7 heteroatoms. The van der Waals surface area contributed by atoms with Gasteiger partial charge in [-0.25, -0.2) is 9.59 Å². The van der Waals surface area contributed by atoms with E-state index in [4.69, 9.17) is 18.6 Å². The second-order valence-corrected chi connectivity index (χ2v) is 9.65. The van der Waals surface area contributed by atoms with E-state index in [1.165, 1.54) is 13.4 Å². The van der Waals surface area contributed by atoms with E-state index in [9.17, 15) is 9.59 Å². The third-order valence-electron chi connectivity index (χ3n) is 6.21. The number of esters is 1. The van der Waals surface area contributed by atoms with Crippen LogP contribution in [0.15, 0.2) is 57.9 Å². The number of hydrogen-bond acceptors (Lipinski definition) is 6. The average Bonchev–Trinajstić information content (AvgIpc) is 2.90. The van der Waals surface area contributed by atoms with Crippen LogP contribution in [-0.2, 0) is 27.3 Å². The molecule has 0 saturated heterocycles. The lowest BCUT2D eigenvalue weighted by Crippen LogP contribution is -2.11. The second-order valence-electron chi connectivity index (χ2n) is 8.85. The van der Waals surface area contributed by atoms with E-state index in [-0.39, 0.29) is 12.2 Å². The summed E-state index contributed by atoms with van der Waals surface area (Å²) < 4.78 is 22.4. The highest BCUT2D eigenvalue weighted by atomic mass is 79.9. The van der Waals surface area contributed by atoms with Crippen molar-refractivity contribution in [3.05, 3.63) is 81.4 Å². The van der Waals surface area contributed by atoms with E-state index >= 15 is 0 Å². The third kappa shape index (κ3) is 7.71. The highest BCUT2D eigenvalue weighted by Crippen LogP contribution is 2.27. The summed E-state index contributed by atoms with van der Waals surface area (Å²) in [5, 5.41) is 1.84. The Morgan fingerprint density at radius 1 is 1.08 bits per heavy atom. The molecule has 3 rings (SSSR count). The van der Waals surface area contributed by atoms with Gasteiger partial charge in [-0.1, -0.05) is 53.5 Å². The highest BCUT2D eigenvalue weighted by molar-refractivity contribution is 9.09. The van der Waals surface area contributed by atoms with Crippen LogP contribution in [0.25, 0.3) is 16.5 Å². The minimum Gasteiger partial charge on any atom is -0.503 e. The Hall–Kier alpha value is -3.06. The fourth-order valence-electron chi connectivity index (χ4n) is 4.13. The van der Waals surface area contributed by atoms with Gasteiger partial charge in [-0.3, -0.25) is 0 Å². The van der Waals surface area contributed by atoms with Crippen LogP contribution < -0.4 is 10.4 Å². The van der Waals surface area contributed by atoms with Gasteiger partial charge in [0.15, 0.2) is 0 Å². The summed E-state index contributed by atoms with van der Waals surface area (Å²) in [5.74, 6) is 0.132. The summed E-state index contributed by atoms with van der Waals surface area (Å²) in [6.07, 6.45) is 6.91. The number of methoxy groups -OCH3 is 1. The summed E-state index contributed by atoms with van der Waals surface area (Å²) in [6, 6.07) is 13.0. The molecule has 0 atom stereocenters. The molecule has 198 valence electrons. The van der Waals surface area contributed by atoms with Gasteiger partial charge in [0.2, 0.25) is 0 Å². The van der Waals surface area contributed by atoms with Crippen molar-refractivity contribution < 1.29 is 23.4 Å². The molecule has 0 amide bonds. The number of fused-ring (bicyclic) bond motifs is 1. The fraction of sp³-hybridized carbons (Fsp3) is 0.400. The largest absolute Gasteiger partial charge is 0.503 e. The van der Waals surface area contributed by atoms with Crippen LogP contribution in [0, 0.1) is 6.92 Å². The molecule has 0 fully saturated rings. The van der Waals surface area contributed by atoms with Gasteiger partial charge in [0, 0.05) is 22.3 Å². The van der Waals surface area contributed by atoms with Crippen molar-refractivity contribution in [2.24, 2.45) is 0 Å². The number of ether oxygens (including phenoxy) is 3.